The van der Waals surface area contributed by atoms with Gasteiger partial charge in [0.25, 0.3) is 0 Å². The molecule has 0 aliphatic heterocycles. The van der Waals surface area contributed by atoms with Crippen molar-refractivity contribution in [1.29, 1.82) is 0 Å². The van der Waals surface area contributed by atoms with Crippen molar-refractivity contribution in [2.24, 2.45) is 0 Å². The summed E-state index contributed by atoms with van der Waals surface area (Å²) < 4.78 is 67.8. The molecule has 3 aromatic carbocycles. The predicted octanol–water partition coefficient (Wildman–Crippen LogP) is 4.58. The lowest BCUT2D eigenvalue weighted by Gasteiger charge is -2.26. The second-order valence-corrected chi connectivity index (χ2v) is 12.8. The Hall–Kier alpha value is -2.59. The van der Waals surface area contributed by atoms with Gasteiger partial charge in [0.2, 0.25) is 20.0 Å². The Bertz CT molecular complexity index is 1350. The highest BCUT2D eigenvalue weighted by Crippen LogP contribution is 2.31. The van der Waals surface area contributed by atoms with Crippen molar-refractivity contribution in [2.75, 3.05) is 13.1 Å². The van der Waals surface area contributed by atoms with Gasteiger partial charge < -0.3 is 0 Å². The van der Waals surface area contributed by atoms with Gasteiger partial charge in [-0.1, -0.05) is 67.6 Å². The molecule has 0 aliphatic carbocycles. The molecule has 3 rings (SSSR count). The summed E-state index contributed by atoms with van der Waals surface area (Å²) in [6.45, 7) is 5.84. The number of hydrogen-bond acceptors (Lipinski definition) is 4. The Morgan fingerprint density at radius 2 is 1.34 bits per heavy atom. The molecule has 2 N–H and O–H groups in total. The molecule has 9 heteroatoms. The maximum Gasteiger partial charge on any atom is 0.243 e. The Morgan fingerprint density at radius 1 is 0.771 bits per heavy atom. The summed E-state index contributed by atoms with van der Waals surface area (Å²) in [5.41, 5.74) is 3.52. The van der Waals surface area contributed by atoms with E-state index in [9.17, 15) is 21.2 Å². The number of benzene rings is 3. The highest BCUT2D eigenvalue weighted by Gasteiger charge is 2.35. The average Bonchev–Trinajstić information content (AvgIpc) is 2.83. The van der Waals surface area contributed by atoms with Crippen LogP contribution in [0, 0.1) is 5.82 Å². The molecule has 0 saturated heterocycles. The fraction of sp³-hybridized carbons (Fsp3) is 0.308. The fourth-order valence-corrected chi connectivity index (χ4v) is 5.96. The normalized spacial score (nSPS) is 12.6. The minimum Gasteiger partial charge on any atom is -0.214 e. The predicted molar refractivity (Wildman–Crippen MR) is 137 cm³/mol. The van der Waals surface area contributed by atoms with Crippen LogP contribution in [-0.2, 0) is 31.2 Å². The van der Waals surface area contributed by atoms with Crippen LogP contribution < -0.4 is 9.44 Å². The van der Waals surface area contributed by atoms with E-state index in [2.05, 4.69) is 9.44 Å². The van der Waals surface area contributed by atoms with Gasteiger partial charge in [0, 0.05) is 13.1 Å². The standard InChI is InChI=1S/C26H31FN2O4S2/c1-4-18-29-35(32,33)26(2,3)23-15-13-22(14-16-23)21-11-9-20(10-12-21)17-19-28-34(30,31)25-8-6-5-7-24(25)27/h5-16,28-29H,4,17-19H2,1-3H3. The lowest BCUT2D eigenvalue weighted by atomic mass is 9.97. The second-order valence-electron chi connectivity index (χ2n) is 8.76. The molecular weight excluding hydrogens is 487 g/mol. The zero-order chi connectivity index (χ0) is 25.7. The van der Waals surface area contributed by atoms with Crippen molar-refractivity contribution in [2.45, 2.75) is 43.3 Å². The molecule has 0 aromatic heterocycles. The number of rotatable bonds is 11. The molecule has 0 fully saturated rings. The van der Waals surface area contributed by atoms with E-state index in [1.807, 2.05) is 55.5 Å². The number of nitrogens with one attached hydrogen (secondary N) is 2. The van der Waals surface area contributed by atoms with Gasteiger partial charge in [-0.15, -0.1) is 0 Å². The van der Waals surface area contributed by atoms with Crippen LogP contribution in [0.15, 0.2) is 77.7 Å². The van der Waals surface area contributed by atoms with Crippen LogP contribution in [0.25, 0.3) is 11.1 Å². The van der Waals surface area contributed by atoms with E-state index in [4.69, 9.17) is 0 Å². The van der Waals surface area contributed by atoms with Crippen LogP contribution in [0.4, 0.5) is 4.39 Å². The summed E-state index contributed by atoms with van der Waals surface area (Å²) in [5.74, 6) is -0.784. The van der Waals surface area contributed by atoms with Crippen molar-refractivity contribution in [3.8, 4) is 11.1 Å². The first-order chi connectivity index (χ1) is 16.5. The van der Waals surface area contributed by atoms with E-state index in [0.717, 1.165) is 29.2 Å². The highest BCUT2D eigenvalue weighted by atomic mass is 32.2. The van der Waals surface area contributed by atoms with Gasteiger partial charge in [-0.3, -0.25) is 0 Å². The summed E-state index contributed by atoms with van der Waals surface area (Å²) in [4.78, 5) is -0.365. The summed E-state index contributed by atoms with van der Waals surface area (Å²) in [6.07, 6.45) is 1.17. The first-order valence-corrected chi connectivity index (χ1v) is 14.4. The first-order valence-electron chi connectivity index (χ1n) is 11.4. The molecule has 6 nitrogen and oxygen atoms in total. The van der Waals surface area contributed by atoms with E-state index >= 15 is 0 Å². The molecule has 0 spiro atoms. The maximum atomic E-state index is 13.8. The summed E-state index contributed by atoms with van der Waals surface area (Å²) >= 11 is 0. The van der Waals surface area contributed by atoms with Crippen molar-refractivity contribution in [3.63, 3.8) is 0 Å². The van der Waals surface area contributed by atoms with E-state index in [1.165, 1.54) is 18.2 Å². The third-order valence-corrected chi connectivity index (χ3v) is 9.57. The Labute approximate surface area is 207 Å². The third-order valence-electron chi connectivity index (χ3n) is 5.91. The van der Waals surface area contributed by atoms with Gasteiger partial charge in [0.05, 0.1) is 0 Å². The smallest absolute Gasteiger partial charge is 0.214 e. The van der Waals surface area contributed by atoms with Crippen LogP contribution in [0.1, 0.15) is 38.3 Å². The first kappa shape index (κ1) is 27.0. The quantitative estimate of drug-likeness (QED) is 0.389. The van der Waals surface area contributed by atoms with E-state index in [1.54, 1.807) is 13.8 Å². The molecule has 0 saturated carbocycles. The molecular formula is C26H31FN2O4S2. The van der Waals surface area contributed by atoms with Crippen LogP contribution in [0.2, 0.25) is 0 Å². The molecule has 0 aliphatic rings. The molecule has 35 heavy (non-hydrogen) atoms. The molecule has 3 aromatic rings. The van der Waals surface area contributed by atoms with Crippen molar-refractivity contribution >= 4 is 20.0 Å². The minimum atomic E-state index is -3.92. The molecule has 188 valence electrons. The maximum absolute atomic E-state index is 13.8. The summed E-state index contributed by atoms with van der Waals surface area (Å²) in [6, 6.07) is 20.4. The van der Waals surface area contributed by atoms with Gasteiger partial charge in [-0.05, 0) is 61.1 Å². The lowest BCUT2D eigenvalue weighted by molar-refractivity contribution is 0.539. The van der Waals surface area contributed by atoms with Gasteiger partial charge >= 0.3 is 0 Å². The van der Waals surface area contributed by atoms with Gasteiger partial charge in [0.1, 0.15) is 15.5 Å². The topological polar surface area (TPSA) is 92.3 Å². The average molecular weight is 519 g/mol. The van der Waals surface area contributed by atoms with Gasteiger partial charge in [0.15, 0.2) is 0 Å². The van der Waals surface area contributed by atoms with Crippen molar-refractivity contribution in [3.05, 3.63) is 89.7 Å². The molecule has 0 radical (unpaired) electrons. The van der Waals surface area contributed by atoms with E-state index in [-0.39, 0.29) is 11.4 Å². The van der Waals surface area contributed by atoms with Crippen LogP contribution in [0.3, 0.4) is 0 Å². The van der Waals surface area contributed by atoms with Crippen LogP contribution in [-0.4, -0.2) is 29.9 Å². The van der Waals surface area contributed by atoms with E-state index < -0.39 is 30.6 Å². The van der Waals surface area contributed by atoms with Crippen molar-refractivity contribution in [1.82, 2.24) is 9.44 Å². The zero-order valence-electron chi connectivity index (χ0n) is 20.1. The zero-order valence-corrected chi connectivity index (χ0v) is 21.7. The molecule has 0 amide bonds. The minimum absolute atomic E-state index is 0.139. The summed E-state index contributed by atoms with van der Waals surface area (Å²) in [7, 11) is -7.43. The highest BCUT2D eigenvalue weighted by molar-refractivity contribution is 7.90. The Balaban J connectivity index is 1.64. The monoisotopic (exact) mass is 518 g/mol. The lowest BCUT2D eigenvalue weighted by Crippen LogP contribution is -2.39. The van der Waals surface area contributed by atoms with Gasteiger partial charge in [-0.25, -0.2) is 30.7 Å². The molecule has 0 bridgehead atoms. The van der Waals surface area contributed by atoms with Gasteiger partial charge in [-0.2, -0.15) is 0 Å². The van der Waals surface area contributed by atoms with E-state index in [0.29, 0.717) is 18.5 Å². The third kappa shape index (κ3) is 6.35. The molecule has 0 atom stereocenters. The SMILES string of the molecule is CCCNS(=O)(=O)C(C)(C)c1ccc(-c2ccc(CCNS(=O)(=O)c3ccccc3F)cc2)cc1. The molecule has 0 heterocycles. The second kappa shape index (κ2) is 11.0. The molecule has 0 unspecified atom stereocenters. The summed E-state index contributed by atoms with van der Waals surface area (Å²) in [5, 5.41) is 0. The fourth-order valence-electron chi connectivity index (χ4n) is 3.57. The Morgan fingerprint density at radius 3 is 1.91 bits per heavy atom. The van der Waals surface area contributed by atoms with Crippen LogP contribution in [0.5, 0.6) is 0 Å². The number of sulfonamides is 2. The number of hydrogen-bond donors (Lipinski definition) is 2. The van der Waals surface area contributed by atoms with Crippen molar-refractivity contribution < 1.29 is 21.2 Å². The largest absolute Gasteiger partial charge is 0.243 e. The van der Waals surface area contributed by atoms with Crippen LogP contribution >= 0.6 is 0 Å². The Kier molecular flexibility index (Phi) is 8.48. The number of halogens is 1.